The van der Waals surface area contributed by atoms with Crippen molar-refractivity contribution >= 4 is 34.8 Å². The van der Waals surface area contributed by atoms with Crippen LogP contribution in [0.4, 0.5) is 17.1 Å². The fourth-order valence-corrected chi connectivity index (χ4v) is 6.25. The summed E-state index contributed by atoms with van der Waals surface area (Å²) in [7, 11) is 0. The van der Waals surface area contributed by atoms with E-state index in [0.717, 1.165) is 49.3 Å². The van der Waals surface area contributed by atoms with Crippen molar-refractivity contribution in [3.8, 4) is 0 Å². The normalized spacial score (nSPS) is 27.4. The molecule has 174 valence electrons. The summed E-state index contributed by atoms with van der Waals surface area (Å²) in [5, 5.41) is 3.01. The number of allylic oxidation sites excluding steroid dienone is 2. The lowest BCUT2D eigenvalue weighted by Gasteiger charge is -2.31. The molecule has 6 heteroatoms. The summed E-state index contributed by atoms with van der Waals surface area (Å²) in [6.45, 7) is 3.79. The highest BCUT2D eigenvalue weighted by Gasteiger charge is 2.59. The molecule has 3 amide bonds. The van der Waals surface area contributed by atoms with E-state index in [1.165, 1.54) is 11.3 Å². The number of benzene rings is 2. The quantitative estimate of drug-likeness (QED) is 0.543. The van der Waals surface area contributed by atoms with Crippen molar-refractivity contribution in [1.29, 1.82) is 0 Å². The Bertz CT molecular complexity index is 1170. The minimum absolute atomic E-state index is 0.123. The van der Waals surface area contributed by atoms with Gasteiger partial charge in [0.1, 0.15) is 0 Å². The molecule has 2 aromatic rings. The molecular weight excluding hydrogens is 426 g/mol. The predicted molar refractivity (Wildman–Crippen MR) is 132 cm³/mol. The molecule has 2 aromatic carbocycles. The summed E-state index contributed by atoms with van der Waals surface area (Å²) in [4.78, 5) is 43.7. The number of nitrogens with zero attached hydrogens (tertiary/aromatic N) is 2. The Morgan fingerprint density at radius 2 is 1.53 bits per heavy atom. The fraction of sp³-hybridized carbons (Fsp3) is 0.393. The van der Waals surface area contributed by atoms with Crippen molar-refractivity contribution in [3.05, 3.63) is 65.7 Å². The molecule has 1 saturated carbocycles. The zero-order valence-electron chi connectivity index (χ0n) is 19.4. The smallest absolute Gasteiger partial charge is 0.257 e. The molecule has 0 spiro atoms. The lowest BCUT2D eigenvalue weighted by atomic mass is 9.85. The number of aryl methyl sites for hydroxylation is 1. The molecule has 6 rings (SSSR count). The SMILES string of the molecule is Cc1ccc(NC(=O)c2cc(N3C(=O)C4C5C=CC(C5)C4C3=O)ccc2N2CCCCC2)cc1. The highest BCUT2D eigenvalue weighted by atomic mass is 16.2. The van der Waals surface area contributed by atoms with Crippen LogP contribution in [0.2, 0.25) is 0 Å². The van der Waals surface area contributed by atoms with Gasteiger partial charge in [0.25, 0.3) is 5.91 Å². The number of carbonyl (C=O) groups excluding carboxylic acids is 3. The van der Waals surface area contributed by atoms with Crippen LogP contribution in [0, 0.1) is 30.6 Å². The molecule has 6 nitrogen and oxygen atoms in total. The third kappa shape index (κ3) is 3.35. The van der Waals surface area contributed by atoms with Gasteiger partial charge in [-0.3, -0.25) is 14.4 Å². The van der Waals surface area contributed by atoms with E-state index in [4.69, 9.17) is 0 Å². The molecule has 1 N–H and O–H groups in total. The van der Waals surface area contributed by atoms with Crippen molar-refractivity contribution in [3.63, 3.8) is 0 Å². The Kier molecular flexibility index (Phi) is 5.05. The van der Waals surface area contributed by atoms with E-state index in [2.05, 4.69) is 22.4 Å². The van der Waals surface area contributed by atoms with Crippen molar-refractivity contribution in [2.45, 2.75) is 32.6 Å². The first-order chi connectivity index (χ1) is 16.5. The summed E-state index contributed by atoms with van der Waals surface area (Å²) in [5.41, 5.74) is 3.69. The summed E-state index contributed by atoms with van der Waals surface area (Å²) in [5.74, 6) is -0.665. The topological polar surface area (TPSA) is 69.7 Å². The summed E-state index contributed by atoms with van der Waals surface area (Å²) < 4.78 is 0. The highest BCUT2D eigenvalue weighted by molar-refractivity contribution is 6.23. The summed E-state index contributed by atoms with van der Waals surface area (Å²) >= 11 is 0. The van der Waals surface area contributed by atoms with Crippen molar-refractivity contribution in [2.75, 3.05) is 28.2 Å². The molecule has 2 aliphatic heterocycles. The van der Waals surface area contributed by atoms with Gasteiger partial charge in [-0.1, -0.05) is 29.8 Å². The van der Waals surface area contributed by atoms with E-state index in [1.54, 1.807) is 6.07 Å². The Balaban J connectivity index is 1.35. The number of piperidine rings is 1. The molecule has 4 atom stereocenters. The Labute approximate surface area is 199 Å². The third-order valence-electron chi connectivity index (χ3n) is 7.96. The van der Waals surface area contributed by atoms with E-state index in [1.807, 2.05) is 43.3 Å². The molecule has 0 radical (unpaired) electrons. The van der Waals surface area contributed by atoms with Crippen molar-refractivity contribution in [2.24, 2.45) is 23.7 Å². The third-order valence-corrected chi connectivity index (χ3v) is 7.96. The number of fused-ring (bicyclic) bond motifs is 5. The number of hydrogen-bond donors (Lipinski definition) is 1. The van der Waals surface area contributed by atoms with Crippen molar-refractivity contribution in [1.82, 2.24) is 0 Å². The second kappa shape index (κ2) is 8.12. The minimum Gasteiger partial charge on any atom is -0.371 e. The van der Waals surface area contributed by atoms with Gasteiger partial charge in [-0.15, -0.1) is 0 Å². The predicted octanol–water partition coefficient (Wildman–Crippen LogP) is 4.55. The Morgan fingerprint density at radius 3 is 2.18 bits per heavy atom. The molecule has 4 aliphatic rings. The minimum atomic E-state index is -0.255. The molecular formula is C28H29N3O3. The first-order valence-corrected chi connectivity index (χ1v) is 12.3. The summed E-state index contributed by atoms with van der Waals surface area (Å²) in [6.07, 6.45) is 8.46. The number of nitrogens with one attached hydrogen (secondary N) is 1. The van der Waals surface area contributed by atoms with E-state index < -0.39 is 0 Å². The van der Waals surface area contributed by atoms with Crippen LogP contribution in [0.1, 0.15) is 41.6 Å². The Morgan fingerprint density at radius 1 is 0.882 bits per heavy atom. The maximum Gasteiger partial charge on any atom is 0.257 e. The number of carbonyl (C=O) groups is 3. The monoisotopic (exact) mass is 455 g/mol. The number of imide groups is 1. The van der Waals surface area contributed by atoms with Crippen molar-refractivity contribution < 1.29 is 14.4 Å². The average Bonchev–Trinajstić information content (AvgIpc) is 3.54. The van der Waals surface area contributed by atoms with Gasteiger partial charge in [-0.25, -0.2) is 4.90 Å². The molecule has 2 bridgehead atoms. The van der Waals surface area contributed by atoms with Crippen LogP contribution in [0.15, 0.2) is 54.6 Å². The van der Waals surface area contributed by atoms with E-state index in [0.29, 0.717) is 11.3 Å². The van der Waals surface area contributed by atoms with Gasteiger partial charge in [-0.2, -0.15) is 0 Å². The van der Waals surface area contributed by atoms with Crippen LogP contribution in [-0.2, 0) is 9.59 Å². The number of rotatable bonds is 4. The lowest BCUT2D eigenvalue weighted by Crippen LogP contribution is -2.34. The van der Waals surface area contributed by atoms with Gasteiger partial charge >= 0.3 is 0 Å². The molecule has 4 unspecified atom stereocenters. The zero-order chi connectivity index (χ0) is 23.4. The van der Waals surface area contributed by atoms with Crippen LogP contribution in [0.5, 0.6) is 0 Å². The van der Waals surface area contributed by atoms with Crippen LogP contribution < -0.4 is 15.1 Å². The second-order valence-electron chi connectivity index (χ2n) is 10.1. The number of hydrogen-bond acceptors (Lipinski definition) is 4. The van der Waals surface area contributed by atoms with Gasteiger partial charge < -0.3 is 10.2 Å². The van der Waals surface area contributed by atoms with E-state index >= 15 is 0 Å². The number of anilines is 3. The highest BCUT2D eigenvalue weighted by Crippen LogP contribution is 2.53. The van der Waals surface area contributed by atoms with Crippen LogP contribution in [0.25, 0.3) is 0 Å². The van der Waals surface area contributed by atoms with E-state index in [9.17, 15) is 14.4 Å². The van der Waals surface area contributed by atoms with E-state index in [-0.39, 0.29) is 41.4 Å². The first kappa shape index (κ1) is 21.1. The molecule has 2 heterocycles. The van der Waals surface area contributed by atoms with Crippen LogP contribution in [-0.4, -0.2) is 30.8 Å². The van der Waals surface area contributed by atoms with Crippen LogP contribution in [0.3, 0.4) is 0 Å². The van der Waals surface area contributed by atoms with Gasteiger partial charge in [0.05, 0.1) is 23.1 Å². The number of amides is 3. The first-order valence-electron chi connectivity index (χ1n) is 12.3. The Hall–Kier alpha value is -3.41. The molecule has 3 fully saturated rings. The lowest BCUT2D eigenvalue weighted by molar-refractivity contribution is -0.123. The van der Waals surface area contributed by atoms with Gasteiger partial charge in [0.15, 0.2) is 0 Å². The second-order valence-corrected chi connectivity index (χ2v) is 10.1. The maximum atomic E-state index is 13.5. The maximum absolute atomic E-state index is 13.5. The molecule has 2 saturated heterocycles. The summed E-state index contributed by atoms with van der Waals surface area (Å²) in [6, 6.07) is 13.2. The molecule has 2 aliphatic carbocycles. The van der Waals surface area contributed by atoms with Crippen LogP contribution >= 0.6 is 0 Å². The average molecular weight is 456 g/mol. The van der Waals surface area contributed by atoms with Gasteiger partial charge in [0, 0.05) is 24.5 Å². The fourth-order valence-electron chi connectivity index (χ4n) is 6.25. The molecule has 34 heavy (non-hydrogen) atoms. The zero-order valence-corrected chi connectivity index (χ0v) is 19.4. The molecule has 0 aromatic heterocycles. The van der Waals surface area contributed by atoms with Gasteiger partial charge in [0.2, 0.25) is 11.8 Å². The largest absolute Gasteiger partial charge is 0.371 e. The standard InChI is InChI=1S/C28H29N3O3/c1-17-5-9-20(10-6-17)29-26(32)22-16-21(11-12-23(22)30-13-3-2-4-14-30)31-27(33)24-18-7-8-19(15-18)25(24)28(31)34/h5-12,16,18-19,24-25H,2-4,13-15H2,1H3,(H,29,32). The van der Waals surface area contributed by atoms with Gasteiger partial charge in [-0.05, 0) is 74.8 Å².